The zero-order chi connectivity index (χ0) is 24.1. The zero-order valence-corrected chi connectivity index (χ0v) is 19.6. The van der Waals surface area contributed by atoms with E-state index in [-0.39, 0.29) is 12.5 Å². The number of nitrogens with two attached hydrogens (primary N) is 1. The number of benzene rings is 2. The maximum Gasteiger partial charge on any atom is 0.247 e. The highest BCUT2D eigenvalue weighted by Crippen LogP contribution is 2.23. The molecule has 1 unspecified atom stereocenters. The van der Waals surface area contributed by atoms with Crippen LogP contribution in [0.25, 0.3) is 17.0 Å². The third-order valence-electron chi connectivity index (χ3n) is 6.01. The number of methoxy groups -OCH3 is 1. The average Bonchev–Trinajstić information content (AvgIpc) is 2.84. The van der Waals surface area contributed by atoms with Gasteiger partial charge >= 0.3 is 0 Å². The molecule has 1 amide bonds. The molecule has 0 spiro atoms. The van der Waals surface area contributed by atoms with Crippen LogP contribution in [0.15, 0.2) is 54.9 Å². The van der Waals surface area contributed by atoms with Crippen LogP contribution in [0.5, 0.6) is 0 Å². The van der Waals surface area contributed by atoms with E-state index < -0.39 is 12.1 Å². The van der Waals surface area contributed by atoms with Gasteiger partial charge in [0.1, 0.15) is 18.4 Å². The van der Waals surface area contributed by atoms with Gasteiger partial charge < -0.3 is 20.2 Å². The van der Waals surface area contributed by atoms with Crippen molar-refractivity contribution in [3.8, 4) is 0 Å². The summed E-state index contributed by atoms with van der Waals surface area (Å²) < 4.78 is 5.39. The SMILES string of the molecule is COC[C@@H]1C(C=O)N(Cc2ccc3c(N)ncnc3c2)CCN1C(=O)C=Cc1ccc(Cl)cc1. The van der Waals surface area contributed by atoms with Crippen molar-refractivity contribution in [1.29, 1.82) is 0 Å². The van der Waals surface area contributed by atoms with E-state index in [1.807, 2.05) is 30.3 Å². The first-order valence-corrected chi connectivity index (χ1v) is 11.3. The standard InChI is InChI=1S/C25H26ClN5O3/c1-34-15-23-22(14-32)30(13-18-4-8-20-21(12-18)28-16-29-25(20)27)10-11-31(23)24(33)9-5-17-2-6-19(26)7-3-17/h2-9,12,14,16,22-23H,10-11,13,15H2,1H3,(H2,27,28,29)/t22?,23-/m1/s1. The number of fused-ring (bicyclic) bond motifs is 1. The van der Waals surface area contributed by atoms with Gasteiger partial charge in [-0.3, -0.25) is 9.69 Å². The highest BCUT2D eigenvalue weighted by molar-refractivity contribution is 6.30. The van der Waals surface area contributed by atoms with Crippen LogP contribution < -0.4 is 5.73 Å². The van der Waals surface area contributed by atoms with Crippen LogP contribution in [0.3, 0.4) is 0 Å². The fourth-order valence-corrected chi connectivity index (χ4v) is 4.39. The summed E-state index contributed by atoms with van der Waals surface area (Å²) in [5, 5.41) is 1.43. The molecule has 3 aromatic rings. The number of carbonyl (C=O) groups is 2. The Hall–Kier alpha value is -3.33. The summed E-state index contributed by atoms with van der Waals surface area (Å²) in [6.07, 6.45) is 5.60. The Morgan fingerprint density at radius 1 is 1.21 bits per heavy atom. The molecule has 1 aliphatic rings. The molecule has 1 aromatic heterocycles. The van der Waals surface area contributed by atoms with E-state index in [2.05, 4.69) is 14.9 Å². The molecule has 1 aliphatic heterocycles. The molecule has 34 heavy (non-hydrogen) atoms. The predicted molar refractivity (Wildman–Crippen MR) is 132 cm³/mol. The van der Waals surface area contributed by atoms with Gasteiger partial charge in [0.25, 0.3) is 0 Å². The molecule has 1 saturated heterocycles. The Morgan fingerprint density at radius 3 is 2.74 bits per heavy atom. The average molecular weight is 480 g/mol. The number of anilines is 1. The topological polar surface area (TPSA) is 102 Å². The largest absolute Gasteiger partial charge is 0.383 e. The van der Waals surface area contributed by atoms with E-state index in [1.54, 1.807) is 30.2 Å². The maximum atomic E-state index is 13.0. The number of aromatic nitrogens is 2. The fraction of sp³-hybridized carbons (Fsp3) is 0.280. The summed E-state index contributed by atoms with van der Waals surface area (Å²) >= 11 is 5.93. The number of carbonyl (C=O) groups excluding carboxylic acids is 2. The molecule has 0 bridgehead atoms. The van der Waals surface area contributed by atoms with E-state index in [0.29, 0.717) is 30.5 Å². The molecular formula is C25H26ClN5O3. The van der Waals surface area contributed by atoms with E-state index in [9.17, 15) is 9.59 Å². The fourth-order valence-electron chi connectivity index (χ4n) is 4.27. The number of hydrogen-bond donors (Lipinski definition) is 1. The van der Waals surface area contributed by atoms with Crippen molar-refractivity contribution in [3.63, 3.8) is 0 Å². The van der Waals surface area contributed by atoms with Crippen LogP contribution in [-0.2, 0) is 20.9 Å². The lowest BCUT2D eigenvalue weighted by Crippen LogP contribution is -2.62. The molecule has 2 heterocycles. The highest BCUT2D eigenvalue weighted by atomic mass is 35.5. The summed E-state index contributed by atoms with van der Waals surface area (Å²) in [6, 6.07) is 12.1. The number of nitrogens with zero attached hydrogens (tertiary/aromatic N) is 4. The van der Waals surface area contributed by atoms with Gasteiger partial charge in [-0.25, -0.2) is 9.97 Å². The molecule has 2 N–H and O–H groups in total. The Balaban J connectivity index is 1.51. The van der Waals surface area contributed by atoms with E-state index in [4.69, 9.17) is 22.1 Å². The van der Waals surface area contributed by atoms with Gasteiger partial charge in [0.2, 0.25) is 5.91 Å². The lowest BCUT2D eigenvalue weighted by atomic mass is 10.0. The summed E-state index contributed by atoms with van der Waals surface area (Å²) in [5.74, 6) is 0.266. The van der Waals surface area contributed by atoms with Crippen LogP contribution >= 0.6 is 11.6 Å². The van der Waals surface area contributed by atoms with Crippen LogP contribution in [0.4, 0.5) is 5.82 Å². The van der Waals surface area contributed by atoms with E-state index >= 15 is 0 Å². The Kier molecular flexibility index (Phi) is 7.52. The zero-order valence-electron chi connectivity index (χ0n) is 18.8. The van der Waals surface area contributed by atoms with Gasteiger partial charge in [-0.05, 0) is 41.5 Å². The minimum absolute atomic E-state index is 0.165. The quantitative estimate of drug-likeness (QED) is 0.410. The van der Waals surface area contributed by atoms with Crippen molar-refractivity contribution in [2.75, 3.05) is 32.5 Å². The van der Waals surface area contributed by atoms with Crippen molar-refractivity contribution in [2.24, 2.45) is 0 Å². The molecule has 4 rings (SSSR count). The third kappa shape index (κ3) is 5.25. The summed E-state index contributed by atoms with van der Waals surface area (Å²) in [6.45, 7) is 1.81. The Bertz CT molecular complexity index is 1200. The minimum Gasteiger partial charge on any atom is -0.383 e. The lowest BCUT2D eigenvalue weighted by molar-refractivity contribution is -0.138. The van der Waals surface area contributed by atoms with E-state index in [0.717, 1.165) is 28.3 Å². The Labute approximate surface area is 203 Å². The number of piperazine rings is 1. The molecule has 0 aliphatic carbocycles. The third-order valence-corrected chi connectivity index (χ3v) is 6.26. The van der Waals surface area contributed by atoms with E-state index in [1.165, 1.54) is 12.4 Å². The summed E-state index contributed by atoms with van der Waals surface area (Å²) in [5.41, 5.74) is 8.54. The van der Waals surface area contributed by atoms with Crippen LogP contribution in [0.2, 0.25) is 5.02 Å². The molecule has 176 valence electrons. The second kappa shape index (κ2) is 10.7. The second-order valence-electron chi connectivity index (χ2n) is 8.15. The van der Waals surface area contributed by atoms with Crippen molar-refractivity contribution < 1.29 is 14.3 Å². The first kappa shape index (κ1) is 23.8. The van der Waals surface area contributed by atoms with Gasteiger partial charge in [0.05, 0.1) is 24.2 Å². The number of aldehydes is 1. The van der Waals surface area contributed by atoms with Crippen LogP contribution in [-0.4, -0.2) is 70.9 Å². The maximum absolute atomic E-state index is 13.0. The van der Waals surface area contributed by atoms with Gasteiger partial charge in [0.15, 0.2) is 0 Å². The predicted octanol–water partition coefficient (Wildman–Crippen LogP) is 2.81. The number of hydrogen-bond acceptors (Lipinski definition) is 7. The number of amides is 1. The minimum atomic E-state index is -0.507. The lowest BCUT2D eigenvalue weighted by Gasteiger charge is -2.45. The molecule has 1 fully saturated rings. The molecule has 0 saturated carbocycles. The first-order chi connectivity index (χ1) is 16.5. The highest BCUT2D eigenvalue weighted by Gasteiger charge is 2.38. The molecule has 8 nitrogen and oxygen atoms in total. The van der Waals surface area contributed by atoms with Gasteiger partial charge in [-0.2, -0.15) is 0 Å². The molecule has 2 atom stereocenters. The van der Waals surface area contributed by atoms with Crippen LogP contribution in [0.1, 0.15) is 11.1 Å². The number of halogens is 1. The first-order valence-electron chi connectivity index (χ1n) is 10.9. The number of ether oxygens (including phenoxy) is 1. The van der Waals surface area contributed by atoms with Crippen molar-refractivity contribution >= 4 is 46.6 Å². The monoisotopic (exact) mass is 479 g/mol. The molecule has 2 aromatic carbocycles. The molecule has 9 heteroatoms. The van der Waals surface area contributed by atoms with Crippen molar-refractivity contribution in [3.05, 3.63) is 71.0 Å². The Morgan fingerprint density at radius 2 is 2.00 bits per heavy atom. The van der Waals surface area contributed by atoms with Gasteiger partial charge in [-0.1, -0.05) is 29.8 Å². The number of rotatable bonds is 7. The van der Waals surface area contributed by atoms with Gasteiger partial charge in [0, 0.05) is 43.2 Å². The van der Waals surface area contributed by atoms with Crippen LogP contribution in [0, 0.1) is 0 Å². The summed E-state index contributed by atoms with van der Waals surface area (Å²) in [4.78, 5) is 37.3. The van der Waals surface area contributed by atoms with Crippen molar-refractivity contribution in [2.45, 2.75) is 18.6 Å². The molecular weight excluding hydrogens is 454 g/mol. The van der Waals surface area contributed by atoms with Crippen molar-refractivity contribution in [1.82, 2.24) is 19.8 Å². The molecule has 0 radical (unpaired) electrons. The normalized spacial score (nSPS) is 19.1. The number of nitrogen functional groups attached to an aromatic ring is 1. The van der Waals surface area contributed by atoms with Gasteiger partial charge in [-0.15, -0.1) is 0 Å². The smallest absolute Gasteiger partial charge is 0.247 e. The second-order valence-corrected chi connectivity index (χ2v) is 8.58. The summed E-state index contributed by atoms with van der Waals surface area (Å²) in [7, 11) is 1.57.